The van der Waals surface area contributed by atoms with Crippen LogP contribution in [0.1, 0.15) is 6.92 Å². The highest BCUT2D eigenvalue weighted by molar-refractivity contribution is 5.99. The number of benzene rings is 3. The number of fused-ring (bicyclic) bond motifs is 2. The third-order valence-electron chi connectivity index (χ3n) is 3.09. The molecule has 0 bridgehead atoms. The van der Waals surface area contributed by atoms with Crippen LogP contribution in [0.3, 0.4) is 0 Å². The minimum atomic E-state index is 0.292. The molecule has 3 aromatic carbocycles. The fraction of sp³-hybridized carbons (Fsp3) is 0.0588. The minimum absolute atomic E-state index is 0.292. The van der Waals surface area contributed by atoms with Gasteiger partial charge in [0.15, 0.2) is 0 Å². The third kappa shape index (κ3) is 2.25. The highest BCUT2D eigenvalue weighted by atomic mass is 16.5. The number of ether oxygens (including phenoxy) is 1. The van der Waals surface area contributed by atoms with E-state index in [9.17, 15) is 5.11 Å². The van der Waals surface area contributed by atoms with Crippen LogP contribution in [0.5, 0.6) is 11.5 Å². The largest absolute Gasteiger partial charge is 0.508 e. The summed E-state index contributed by atoms with van der Waals surface area (Å²) in [7, 11) is 0. The lowest BCUT2D eigenvalue weighted by Crippen LogP contribution is -1.82. The molecule has 0 heterocycles. The van der Waals surface area contributed by atoms with Crippen molar-refractivity contribution < 1.29 is 9.84 Å². The second-order valence-corrected chi connectivity index (χ2v) is 4.48. The summed E-state index contributed by atoms with van der Waals surface area (Å²) in [4.78, 5) is 0. The SMILES string of the molecule is CC=COc1ccc2cc3cc(O)ccc3cc2c1. The van der Waals surface area contributed by atoms with Crippen LogP contribution >= 0.6 is 0 Å². The lowest BCUT2D eigenvalue weighted by atomic mass is 10.0. The maximum absolute atomic E-state index is 9.52. The normalized spacial score (nSPS) is 11.4. The maximum atomic E-state index is 9.52. The molecule has 0 atom stereocenters. The van der Waals surface area contributed by atoms with Gasteiger partial charge in [-0.15, -0.1) is 0 Å². The molecule has 0 aliphatic heterocycles. The summed E-state index contributed by atoms with van der Waals surface area (Å²) in [5.74, 6) is 1.11. The number of phenols is 1. The van der Waals surface area contributed by atoms with Gasteiger partial charge in [-0.25, -0.2) is 0 Å². The molecule has 0 saturated heterocycles. The summed E-state index contributed by atoms with van der Waals surface area (Å²) >= 11 is 0. The first-order valence-electron chi connectivity index (χ1n) is 6.20. The molecule has 0 saturated carbocycles. The molecule has 0 spiro atoms. The van der Waals surface area contributed by atoms with Gasteiger partial charge in [-0.2, -0.15) is 0 Å². The third-order valence-corrected chi connectivity index (χ3v) is 3.09. The molecule has 3 aromatic rings. The number of hydrogen-bond acceptors (Lipinski definition) is 2. The fourth-order valence-corrected chi connectivity index (χ4v) is 2.18. The molecule has 3 rings (SSSR count). The Labute approximate surface area is 111 Å². The van der Waals surface area contributed by atoms with Gasteiger partial charge >= 0.3 is 0 Å². The van der Waals surface area contributed by atoms with Crippen molar-refractivity contribution in [2.45, 2.75) is 6.92 Å². The molecule has 0 aliphatic carbocycles. The van der Waals surface area contributed by atoms with Crippen molar-refractivity contribution in [1.82, 2.24) is 0 Å². The van der Waals surface area contributed by atoms with Gasteiger partial charge in [-0.05, 0) is 64.9 Å². The van der Waals surface area contributed by atoms with Gasteiger partial charge in [0.1, 0.15) is 11.5 Å². The van der Waals surface area contributed by atoms with Gasteiger partial charge in [-0.1, -0.05) is 18.2 Å². The summed E-state index contributed by atoms with van der Waals surface area (Å²) in [5, 5.41) is 13.9. The smallest absolute Gasteiger partial charge is 0.127 e. The first-order valence-corrected chi connectivity index (χ1v) is 6.20. The molecule has 0 fully saturated rings. The first kappa shape index (κ1) is 11.6. The molecule has 0 radical (unpaired) electrons. The lowest BCUT2D eigenvalue weighted by molar-refractivity contribution is 0.476. The van der Waals surface area contributed by atoms with Crippen LogP contribution < -0.4 is 4.74 Å². The van der Waals surface area contributed by atoms with E-state index in [1.807, 2.05) is 37.3 Å². The number of hydrogen-bond donors (Lipinski definition) is 1. The number of rotatable bonds is 2. The van der Waals surface area contributed by atoms with Crippen LogP contribution in [-0.2, 0) is 0 Å². The Morgan fingerprint density at radius 1 is 0.842 bits per heavy atom. The van der Waals surface area contributed by atoms with E-state index < -0.39 is 0 Å². The Bertz CT molecular complexity index is 773. The number of allylic oxidation sites excluding steroid dienone is 1. The summed E-state index contributed by atoms with van der Waals surface area (Å²) in [6, 6.07) is 15.6. The van der Waals surface area contributed by atoms with E-state index in [0.717, 1.165) is 27.3 Å². The Balaban J connectivity index is 2.17. The van der Waals surface area contributed by atoms with Gasteiger partial charge in [0.2, 0.25) is 0 Å². The lowest BCUT2D eigenvalue weighted by Gasteiger charge is -2.05. The van der Waals surface area contributed by atoms with Gasteiger partial charge < -0.3 is 9.84 Å². The predicted molar refractivity (Wildman–Crippen MR) is 78.6 cm³/mol. The standard InChI is InChI=1S/C17H14O2/c1-2-7-19-17-6-4-13-8-14-10-16(18)5-3-12(14)9-15(13)11-17/h2-11,18H,1H3. The van der Waals surface area contributed by atoms with Crippen molar-refractivity contribution in [2.24, 2.45) is 0 Å². The Hall–Kier alpha value is -2.48. The van der Waals surface area contributed by atoms with Gasteiger partial charge in [-0.3, -0.25) is 0 Å². The maximum Gasteiger partial charge on any atom is 0.127 e. The van der Waals surface area contributed by atoms with Crippen molar-refractivity contribution in [3.63, 3.8) is 0 Å². The zero-order valence-electron chi connectivity index (χ0n) is 10.6. The second kappa shape index (κ2) is 4.65. The summed E-state index contributed by atoms with van der Waals surface area (Å²) < 4.78 is 5.47. The first-order chi connectivity index (χ1) is 9.26. The van der Waals surface area contributed by atoms with E-state index >= 15 is 0 Å². The average Bonchev–Trinajstić information content (AvgIpc) is 2.42. The van der Waals surface area contributed by atoms with Crippen molar-refractivity contribution in [3.05, 3.63) is 60.9 Å². The van der Waals surface area contributed by atoms with Crippen molar-refractivity contribution in [1.29, 1.82) is 0 Å². The zero-order valence-corrected chi connectivity index (χ0v) is 10.6. The average molecular weight is 250 g/mol. The Morgan fingerprint density at radius 3 is 2.26 bits per heavy atom. The van der Waals surface area contributed by atoms with E-state index in [-0.39, 0.29) is 0 Å². The fourth-order valence-electron chi connectivity index (χ4n) is 2.18. The van der Waals surface area contributed by atoms with E-state index in [0.29, 0.717) is 5.75 Å². The van der Waals surface area contributed by atoms with Crippen molar-refractivity contribution >= 4 is 21.5 Å². The molecule has 2 nitrogen and oxygen atoms in total. The molecule has 2 heteroatoms. The number of phenolic OH excluding ortho intramolecular Hbond substituents is 1. The highest BCUT2D eigenvalue weighted by Crippen LogP contribution is 2.28. The molecule has 0 aromatic heterocycles. The zero-order chi connectivity index (χ0) is 13.2. The second-order valence-electron chi connectivity index (χ2n) is 4.48. The predicted octanol–water partition coefficient (Wildman–Crippen LogP) is 4.61. The summed E-state index contributed by atoms with van der Waals surface area (Å²) in [6.07, 6.45) is 3.52. The molecule has 19 heavy (non-hydrogen) atoms. The van der Waals surface area contributed by atoms with Crippen LogP contribution in [-0.4, -0.2) is 5.11 Å². The van der Waals surface area contributed by atoms with Gasteiger partial charge in [0, 0.05) is 0 Å². The minimum Gasteiger partial charge on any atom is -0.508 e. The van der Waals surface area contributed by atoms with Crippen molar-refractivity contribution in [3.8, 4) is 11.5 Å². The molecule has 0 aliphatic rings. The Morgan fingerprint density at radius 2 is 1.53 bits per heavy atom. The Kier molecular flexibility index (Phi) is 2.84. The molecular formula is C17H14O2. The van der Waals surface area contributed by atoms with Crippen LogP contribution in [0.4, 0.5) is 0 Å². The molecule has 0 amide bonds. The monoisotopic (exact) mass is 250 g/mol. The number of aromatic hydroxyl groups is 1. The quantitative estimate of drug-likeness (QED) is 0.531. The van der Waals surface area contributed by atoms with E-state index in [1.165, 1.54) is 0 Å². The van der Waals surface area contributed by atoms with Crippen LogP contribution in [0.2, 0.25) is 0 Å². The van der Waals surface area contributed by atoms with E-state index in [2.05, 4.69) is 12.1 Å². The topological polar surface area (TPSA) is 29.5 Å². The van der Waals surface area contributed by atoms with E-state index in [4.69, 9.17) is 4.74 Å². The summed E-state index contributed by atoms with van der Waals surface area (Å²) in [5.41, 5.74) is 0. The molecule has 0 unspecified atom stereocenters. The van der Waals surface area contributed by atoms with E-state index in [1.54, 1.807) is 18.4 Å². The highest BCUT2D eigenvalue weighted by Gasteiger charge is 2.01. The van der Waals surface area contributed by atoms with Crippen LogP contribution in [0.25, 0.3) is 21.5 Å². The van der Waals surface area contributed by atoms with Gasteiger partial charge in [0.05, 0.1) is 6.26 Å². The van der Waals surface area contributed by atoms with Crippen LogP contribution in [0.15, 0.2) is 60.9 Å². The molecule has 94 valence electrons. The summed E-state index contributed by atoms with van der Waals surface area (Å²) in [6.45, 7) is 1.92. The van der Waals surface area contributed by atoms with Crippen molar-refractivity contribution in [2.75, 3.05) is 0 Å². The molecule has 1 N–H and O–H groups in total. The molecular weight excluding hydrogens is 236 g/mol. The van der Waals surface area contributed by atoms with Gasteiger partial charge in [0.25, 0.3) is 0 Å². The van der Waals surface area contributed by atoms with Crippen LogP contribution in [0, 0.1) is 0 Å².